The van der Waals surface area contributed by atoms with E-state index in [0.717, 1.165) is 17.3 Å². The number of halogens is 2. The molecule has 0 radical (unpaired) electrons. The number of aliphatic hydroxyl groups is 1. The maximum atomic E-state index is 13.4. The zero-order chi connectivity index (χ0) is 14.4. The second-order valence-corrected chi connectivity index (χ2v) is 5.60. The zero-order valence-electron chi connectivity index (χ0n) is 11.1. The summed E-state index contributed by atoms with van der Waals surface area (Å²) in [4.78, 5) is 0. The van der Waals surface area contributed by atoms with E-state index in [2.05, 4.69) is 15.9 Å². The Hall–Kier alpha value is -0.690. The molecule has 0 aliphatic carbocycles. The minimum absolute atomic E-state index is 0.00338. The molecular formula is C14H18BrFO4. The first-order valence-corrected chi connectivity index (χ1v) is 7.39. The van der Waals surface area contributed by atoms with Crippen molar-refractivity contribution in [3.63, 3.8) is 0 Å². The van der Waals surface area contributed by atoms with E-state index in [1.165, 1.54) is 12.1 Å². The van der Waals surface area contributed by atoms with Gasteiger partial charge in [-0.05, 0) is 31.0 Å². The third kappa shape index (κ3) is 5.01. The van der Waals surface area contributed by atoms with Crippen LogP contribution in [-0.2, 0) is 9.47 Å². The van der Waals surface area contributed by atoms with Gasteiger partial charge in [0.1, 0.15) is 12.7 Å². The van der Waals surface area contributed by atoms with Crippen LogP contribution in [0.1, 0.15) is 12.8 Å². The standard InChI is InChI=1S/C14H18BrFO4/c15-10-1-2-13(16)14(7-10)20-9-11(17)8-19-12-3-5-18-6-4-12/h1-2,7,11-12,17H,3-6,8-9H2/t11-/m1/s1. The van der Waals surface area contributed by atoms with Gasteiger partial charge in [0, 0.05) is 17.7 Å². The Morgan fingerprint density at radius 2 is 2.10 bits per heavy atom. The second kappa shape index (κ2) is 7.93. The van der Waals surface area contributed by atoms with Crippen molar-refractivity contribution in [2.24, 2.45) is 0 Å². The van der Waals surface area contributed by atoms with Gasteiger partial charge in [0.05, 0.1) is 12.7 Å². The van der Waals surface area contributed by atoms with Gasteiger partial charge < -0.3 is 19.3 Å². The van der Waals surface area contributed by atoms with E-state index in [1.54, 1.807) is 6.07 Å². The molecule has 0 bridgehead atoms. The average molecular weight is 349 g/mol. The van der Waals surface area contributed by atoms with E-state index in [0.29, 0.717) is 13.2 Å². The Balaban J connectivity index is 1.71. The molecule has 6 heteroatoms. The van der Waals surface area contributed by atoms with Crippen molar-refractivity contribution < 1.29 is 23.7 Å². The van der Waals surface area contributed by atoms with Gasteiger partial charge in [0.15, 0.2) is 11.6 Å². The lowest BCUT2D eigenvalue weighted by molar-refractivity contribution is -0.0661. The van der Waals surface area contributed by atoms with Crippen molar-refractivity contribution in [2.75, 3.05) is 26.4 Å². The lowest BCUT2D eigenvalue weighted by Gasteiger charge is -2.23. The Morgan fingerprint density at radius 3 is 2.85 bits per heavy atom. The molecule has 0 unspecified atom stereocenters. The minimum atomic E-state index is -0.781. The predicted octanol–water partition coefficient (Wildman–Crippen LogP) is 2.52. The van der Waals surface area contributed by atoms with Crippen LogP contribution in [0.25, 0.3) is 0 Å². The molecule has 1 fully saturated rings. The average Bonchev–Trinajstić information content (AvgIpc) is 2.47. The van der Waals surface area contributed by atoms with E-state index in [-0.39, 0.29) is 25.1 Å². The SMILES string of the molecule is O[C@@H](COc1cc(Br)ccc1F)COC1CCOCC1. The molecule has 1 aromatic rings. The van der Waals surface area contributed by atoms with Gasteiger partial charge >= 0.3 is 0 Å². The number of aliphatic hydroxyl groups excluding tert-OH is 1. The highest BCUT2D eigenvalue weighted by Gasteiger charge is 2.16. The third-order valence-corrected chi connectivity index (χ3v) is 3.51. The summed E-state index contributed by atoms with van der Waals surface area (Å²) >= 11 is 3.24. The first kappa shape index (κ1) is 15.7. The lowest BCUT2D eigenvalue weighted by Crippen LogP contribution is -2.30. The van der Waals surface area contributed by atoms with E-state index in [1.807, 2.05) is 0 Å². The molecule has 0 spiro atoms. The van der Waals surface area contributed by atoms with E-state index >= 15 is 0 Å². The maximum absolute atomic E-state index is 13.4. The number of benzene rings is 1. The molecule has 1 saturated heterocycles. The summed E-state index contributed by atoms with van der Waals surface area (Å²) < 4.78 is 30.2. The van der Waals surface area contributed by atoms with Crippen molar-refractivity contribution >= 4 is 15.9 Å². The van der Waals surface area contributed by atoms with Crippen molar-refractivity contribution in [1.82, 2.24) is 0 Å². The zero-order valence-corrected chi connectivity index (χ0v) is 12.6. The van der Waals surface area contributed by atoms with Gasteiger partial charge in [0.2, 0.25) is 0 Å². The molecule has 2 rings (SSSR count). The largest absolute Gasteiger partial charge is 0.488 e. The van der Waals surface area contributed by atoms with Crippen LogP contribution in [0.5, 0.6) is 5.75 Å². The van der Waals surface area contributed by atoms with Gasteiger partial charge in [-0.3, -0.25) is 0 Å². The molecular weight excluding hydrogens is 331 g/mol. The summed E-state index contributed by atoms with van der Waals surface area (Å²) in [6.45, 7) is 1.57. The number of ether oxygens (including phenoxy) is 3. The van der Waals surface area contributed by atoms with Crippen LogP contribution >= 0.6 is 15.9 Å². The lowest BCUT2D eigenvalue weighted by atomic mass is 10.1. The fourth-order valence-corrected chi connectivity index (χ4v) is 2.25. The number of rotatable bonds is 6. The summed E-state index contributed by atoms with van der Waals surface area (Å²) in [7, 11) is 0. The van der Waals surface area contributed by atoms with E-state index in [4.69, 9.17) is 14.2 Å². The van der Waals surface area contributed by atoms with Gasteiger partial charge in [0.25, 0.3) is 0 Å². The summed E-state index contributed by atoms with van der Waals surface area (Å²) in [5.41, 5.74) is 0. The second-order valence-electron chi connectivity index (χ2n) is 4.68. The molecule has 0 saturated carbocycles. The molecule has 20 heavy (non-hydrogen) atoms. The first-order chi connectivity index (χ1) is 9.65. The molecule has 1 aliphatic rings. The Labute approximate surface area is 126 Å². The number of hydrogen-bond acceptors (Lipinski definition) is 4. The Bertz CT molecular complexity index is 424. The number of hydrogen-bond donors (Lipinski definition) is 1. The van der Waals surface area contributed by atoms with Crippen LogP contribution in [0.3, 0.4) is 0 Å². The maximum Gasteiger partial charge on any atom is 0.165 e. The van der Waals surface area contributed by atoms with Crippen LogP contribution < -0.4 is 4.74 Å². The minimum Gasteiger partial charge on any atom is -0.488 e. The normalized spacial score (nSPS) is 17.9. The van der Waals surface area contributed by atoms with Crippen molar-refractivity contribution in [1.29, 1.82) is 0 Å². The fourth-order valence-electron chi connectivity index (χ4n) is 1.91. The quantitative estimate of drug-likeness (QED) is 0.858. The molecule has 112 valence electrons. The molecule has 4 nitrogen and oxygen atoms in total. The van der Waals surface area contributed by atoms with Crippen LogP contribution in [0.2, 0.25) is 0 Å². The van der Waals surface area contributed by atoms with Crippen molar-refractivity contribution in [3.05, 3.63) is 28.5 Å². The van der Waals surface area contributed by atoms with E-state index < -0.39 is 11.9 Å². The Morgan fingerprint density at radius 1 is 1.35 bits per heavy atom. The monoisotopic (exact) mass is 348 g/mol. The van der Waals surface area contributed by atoms with Crippen LogP contribution in [0.4, 0.5) is 4.39 Å². The molecule has 1 heterocycles. The van der Waals surface area contributed by atoms with Crippen LogP contribution in [0.15, 0.2) is 22.7 Å². The first-order valence-electron chi connectivity index (χ1n) is 6.60. The van der Waals surface area contributed by atoms with Crippen LogP contribution in [0, 0.1) is 5.82 Å². The molecule has 1 aromatic carbocycles. The highest BCUT2D eigenvalue weighted by atomic mass is 79.9. The van der Waals surface area contributed by atoms with Gasteiger partial charge in [-0.25, -0.2) is 4.39 Å². The van der Waals surface area contributed by atoms with Crippen molar-refractivity contribution in [3.8, 4) is 5.75 Å². The third-order valence-electron chi connectivity index (χ3n) is 3.02. The fraction of sp³-hybridized carbons (Fsp3) is 0.571. The summed E-state index contributed by atoms with van der Waals surface area (Å²) in [5.74, 6) is -0.338. The molecule has 1 N–H and O–H groups in total. The van der Waals surface area contributed by atoms with Gasteiger partial charge in [-0.2, -0.15) is 0 Å². The van der Waals surface area contributed by atoms with Gasteiger partial charge in [-0.1, -0.05) is 15.9 Å². The topological polar surface area (TPSA) is 47.9 Å². The molecule has 1 aliphatic heterocycles. The summed E-state index contributed by atoms with van der Waals surface area (Å²) in [5, 5.41) is 9.79. The summed E-state index contributed by atoms with van der Waals surface area (Å²) in [6.07, 6.45) is 1.03. The smallest absolute Gasteiger partial charge is 0.165 e. The predicted molar refractivity (Wildman–Crippen MR) is 75.4 cm³/mol. The molecule has 0 amide bonds. The molecule has 1 atom stereocenters. The van der Waals surface area contributed by atoms with Gasteiger partial charge in [-0.15, -0.1) is 0 Å². The highest BCUT2D eigenvalue weighted by molar-refractivity contribution is 9.10. The Kier molecular flexibility index (Phi) is 6.22. The van der Waals surface area contributed by atoms with E-state index in [9.17, 15) is 9.50 Å². The summed E-state index contributed by atoms with van der Waals surface area (Å²) in [6, 6.07) is 4.43. The van der Waals surface area contributed by atoms with Crippen LogP contribution in [-0.4, -0.2) is 43.7 Å². The molecule has 0 aromatic heterocycles. The highest BCUT2D eigenvalue weighted by Crippen LogP contribution is 2.22. The van der Waals surface area contributed by atoms with Crippen molar-refractivity contribution in [2.45, 2.75) is 25.0 Å².